The number of nitrogens with zero attached hydrogens (tertiary/aromatic N) is 3. The van der Waals surface area contributed by atoms with Crippen LogP contribution in [0.5, 0.6) is 0 Å². The number of benzene rings is 1. The molecule has 0 bridgehead atoms. The largest absolute Gasteiger partial charge is 0.367 e. The van der Waals surface area contributed by atoms with Crippen LogP contribution in [-0.2, 0) is 11.2 Å². The van der Waals surface area contributed by atoms with Crippen LogP contribution in [0.25, 0.3) is 0 Å². The van der Waals surface area contributed by atoms with E-state index in [-0.39, 0.29) is 11.8 Å². The molecular weight excluding hydrogens is 340 g/mol. The molecule has 1 aromatic carbocycles. The van der Waals surface area contributed by atoms with E-state index in [0.717, 1.165) is 42.0 Å². The second-order valence-electron chi connectivity index (χ2n) is 6.81. The average Bonchev–Trinajstić information content (AvgIpc) is 2.69. The summed E-state index contributed by atoms with van der Waals surface area (Å²) >= 11 is 0. The Bertz CT molecular complexity index is 825. The normalized spacial score (nSPS) is 14.2. The molecule has 142 valence electrons. The third-order valence-electron chi connectivity index (χ3n) is 5.05. The minimum Gasteiger partial charge on any atom is -0.367 e. The molecule has 6 nitrogen and oxygen atoms in total. The molecule has 0 atom stereocenters. The summed E-state index contributed by atoms with van der Waals surface area (Å²) in [6.07, 6.45) is 2.59. The van der Waals surface area contributed by atoms with E-state index in [4.69, 9.17) is 0 Å². The van der Waals surface area contributed by atoms with Crippen molar-refractivity contribution < 1.29 is 9.59 Å². The van der Waals surface area contributed by atoms with Gasteiger partial charge in [0.25, 0.3) is 5.91 Å². The standard InChI is InChI=1S/C21H26N4O2/c1-4-17-7-5-6-15(2)20(17)23-21(27)19-9-8-18(14-22-19)25-12-10-24(11-13-25)16(3)26/h5-9,14H,4,10-13H2,1-3H3,(H,23,27). The maximum absolute atomic E-state index is 12.6. The Labute approximate surface area is 160 Å². The molecule has 2 aromatic rings. The van der Waals surface area contributed by atoms with Gasteiger partial charge in [0.15, 0.2) is 0 Å². The minimum absolute atomic E-state index is 0.113. The van der Waals surface area contributed by atoms with Crippen molar-refractivity contribution >= 4 is 23.2 Å². The predicted octanol–water partition coefficient (Wildman–Crippen LogP) is 2.87. The summed E-state index contributed by atoms with van der Waals surface area (Å²) in [5.41, 5.74) is 4.40. The van der Waals surface area contributed by atoms with Crippen LogP contribution < -0.4 is 10.2 Å². The van der Waals surface area contributed by atoms with Crippen LogP contribution in [0, 0.1) is 6.92 Å². The summed E-state index contributed by atoms with van der Waals surface area (Å²) in [4.78, 5) is 32.4. The molecular formula is C21H26N4O2. The Hall–Kier alpha value is -2.89. The SMILES string of the molecule is CCc1cccc(C)c1NC(=O)c1ccc(N2CCN(C(C)=O)CC2)cn1. The minimum atomic E-state index is -0.202. The lowest BCUT2D eigenvalue weighted by Crippen LogP contribution is -2.48. The third kappa shape index (κ3) is 4.27. The smallest absolute Gasteiger partial charge is 0.274 e. The van der Waals surface area contributed by atoms with Crippen LogP contribution in [0.1, 0.15) is 35.5 Å². The highest BCUT2D eigenvalue weighted by molar-refractivity contribution is 6.03. The van der Waals surface area contributed by atoms with E-state index >= 15 is 0 Å². The molecule has 3 rings (SSSR count). The Morgan fingerprint density at radius 1 is 1.11 bits per heavy atom. The fourth-order valence-electron chi connectivity index (χ4n) is 3.37. The van der Waals surface area contributed by atoms with Crippen LogP contribution in [0.2, 0.25) is 0 Å². The van der Waals surface area contributed by atoms with Crippen molar-refractivity contribution in [1.82, 2.24) is 9.88 Å². The zero-order valence-electron chi connectivity index (χ0n) is 16.2. The van der Waals surface area contributed by atoms with Crippen LogP contribution in [-0.4, -0.2) is 47.9 Å². The molecule has 0 unspecified atom stereocenters. The molecule has 1 aromatic heterocycles. The molecule has 6 heteroatoms. The maximum Gasteiger partial charge on any atom is 0.274 e. The van der Waals surface area contributed by atoms with E-state index in [1.807, 2.05) is 36.1 Å². The second-order valence-corrected chi connectivity index (χ2v) is 6.81. The third-order valence-corrected chi connectivity index (χ3v) is 5.05. The van der Waals surface area contributed by atoms with Gasteiger partial charge in [0.1, 0.15) is 5.69 Å². The van der Waals surface area contributed by atoms with E-state index in [1.54, 1.807) is 19.2 Å². The number of aromatic nitrogens is 1. The van der Waals surface area contributed by atoms with Crippen molar-refractivity contribution in [3.05, 3.63) is 53.3 Å². The van der Waals surface area contributed by atoms with Crippen LogP contribution in [0.3, 0.4) is 0 Å². The number of pyridine rings is 1. The number of nitrogens with one attached hydrogen (secondary N) is 1. The lowest BCUT2D eigenvalue weighted by atomic mass is 10.1. The van der Waals surface area contributed by atoms with Gasteiger partial charge >= 0.3 is 0 Å². The highest BCUT2D eigenvalue weighted by Gasteiger charge is 2.19. The van der Waals surface area contributed by atoms with E-state index in [1.165, 1.54) is 0 Å². The van der Waals surface area contributed by atoms with Gasteiger partial charge < -0.3 is 15.1 Å². The number of anilines is 2. The number of hydrogen-bond donors (Lipinski definition) is 1. The number of aryl methyl sites for hydroxylation is 2. The molecule has 0 saturated carbocycles. The van der Waals surface area contributed by atoms with Gasteiger partial charge in [-0.2, -0.15) is 0 Å². The maximum atomic E-state index is 12.6. The van der Waals surface area contributed by atoms with Crippen LogP contribution >= 0.6 is 0 Å². The zero-order valence-corrected chi connectivity index (χ0v) is 16.2. The van der Waals surface area contributed by atoms with E-state index in [0.29, 0.717) is 18.8 Å². The van der Waals surface area contributed by atoms with Gasteiger partial charge in [-0.25, -0.2) is 4.98 Å². The first-order valence-electron chi connectivity index (χ1n) is 9.36. The van der Waals surface area contributed by atoms with Crippen molar-refractivity contribution in [3.8, 4) is 0 Å². The first kappa shape index (κ1) is 18.9. The second kappa shape index (κ2) is 8.20. The molecule has 1 fully saturated rings. The number of rotatable bonds is 4. The molecule has 1 saturated heterocycles. The van der Waals surface area contributed by atoms with Gasteiger partial charge in [-0.15, -0.1) is 0 Å². The summed E-state index contributed by atoms with van der Waals surface area (Å²) in [7, 11) is 0. The van der Waals surface area contributed by atoms with Gasteiger partial charge in [-0.1, -0.05) is 25.1 Å². The Morgan fingerprint density at radius 3 is 2.44 bits per heavy atom. The summed E-state index contributed by atoms with van der Waals surface area (Å²) < 4.78 is 0. The molecule has 0 radical (unpaired) electrons. The lowest BCUT2D eigenvalue weighted by molar-refractivity contribution is -0.129. The quantitative estimate of drug-likeness (QED) is 0.904. The van der Waals surface area contributed by atoms with Crippen molar-refractivity contribution in [2.24, 2.45) is 0 Å². The Balaban J connectivity index is 1.67. The molecule has 2 amide bonds. The van der Waals surface area contributed by atoms with Crippen molar-refractivity contribution in [2.45, 2.75) is 27.2 Å². The molecule has 0 spiro atoms. The van der Waals surface area contributed by atoms with E-state index < -0.39 is 0 Å². The van der Waals surface area contributed by atoms with Crippen LogP contribution in [0.15, 0.2) is 36.5 Å². The number of carbonyl (C=O) groups excluding carboxylic acids is 2. The number of amides is 2. The van der Waals surface area contributed by atoms with Crippen molar-refractivity contribution in [1.29, 1.82) is 0 Å². The summed E-state index contributed by atoms with van der Waals surface area (Å²) in [5.74, 6) is -0.0885. The molecule has 1 aliphatic heterocycles. The zero-order chi connectivity index (χ0) is 19.4. The van der Waals surface area contributed by atoms with Crippen LogP contribution in [0.4, 0.5) is 11.4 Å². The number of carbonyl (C=O) groups is 2. The molecule has 1 N–H and O–H groups in total. The van der Waals surface area contributed by atoms with Gasteiger partial charge in [-0.05, 0) is 36.6 Å². The Morgan fingerprint density at radius 2 is 1.85 bits per heavy atom. The molecule has 1 aliphatic rings. The summed E-state index contributed by atoms with van der Waals surface area (Å²) in [5, 5.41) is 3.00. The fourth-order valence-corrected chi connectivity index (χ4v) is 3.37. The van der Waals surface area contributed by atoms with Gasteiger partial charge in [0, 0.05) is 38.8 Å². The number of para-hydroxylation sites is 1. The fraction of sp³-hybridized carbons (Fsp3) is 0.381. The number of hydrogen-bond acceptors (Lipinski definition) is 4. The first-order chi connectivity index (χ1) is 13.0. The Kier molecular flexibility index (Phi) is 5.74. The van der Waals surface area contributed by atoms with Crippen molar-refractivity contribution in [2.75, 3.05) is 36.4 Å². The highest BCUT2D eigenvalue weighted by atomic mass is 16.2. The van der Waals surface area contributed by atoms with Gasteiger partial charge in [-0.3, -0.25) is 9.59 Å². The summed E-state index contributed by atoms with van der Waals surface area (Å²) in [6, 6.07) is 9.70. The summed E-state index contributed by atoms with van der Waals surface area (Å²) in [6.45, 7) is 8.64. The molecule has 2 heterocycles. The van der Waals surface area contributed by atoms with E-state index in [2.05, 4.69) is 22.1 Å². The highest BCUT2D eigenvalue weighted by Crippen LogP contribution is 2.22. The van der Waals surface area contributed by atoms with Gasteiger partial charge in [0.2, 0.25) is 5.91 Å². The first-order valence-corrected chi connectivity index (χ1v) is 9.36. The predicted molar refractivity (Wildman–Crippen MR) is 107 cm³/mol. The molecule has 0 aliphatic carbocycles. The molecule has 27 heavy (non-hydrogen) atoms. The number of piperazine rings is 1. The monoisotopic (exact) mass is 366 g/mol. The van der Waals surface area contributed by atoms with Crippen molar-refractivity contribution in [3.63, 3.8) is 0 Å². The van der Waals surface area contributed by atoms with Gasteiger partial charge in [0.05, 0.1) is 11.9 Å². The topological polar surface area (TPSA) is 65.5 Å². The average molecular weight is 366 g/mol. The van der Waals surface area contributed by atoms with E-state index in [9.17, 15) is 9.59 Å². The lowest BCUT2D eigenvalue weighted by Gasteiger charge is -2.35.